The Morgan fingerprint density at radius 1 is 0.783 bits per heavy atom. The topological polar surface area (TPSA) is 422 Å². The number of H-pyrrole nitrogens is 1. The molecule has 2 unspecified atom stereocenters. The van der Waals surface area contributed by atoms with Crippen molar-refractivity contribution < 1.29 is 77.3 Å². The third kappa shape index (κ3) is 18.6. The zero-order chi connectivity index (χ0) is 61.2. The molecule has 0 bridgehead atoms. The molecule has 0 spiro atoms. The molecule has 4 heterocycles. The number of nitrogens with one attached hydrogen (secondary N) is 11. The maximum atomic E-state index is 14.4. The van der Waals surface area contributed by atoms with Gasteiger partial charge in [-0.05, 0) is 55.4 Å². The highest BCUT2D eigenvalue weighted by Crippen LogP contribution is 2.33. The number of rotatable bonds is 19. The first-order chi connectivity index (χ1) is 39.3. The van der Waals surface area contributed by atoms with Crippen molar-refractivity contribution in [2.24, 2.45) is 17.8 Å². The predicted octanol–water partition coefficient (Wildman–Crippen LogP) is -2.24. The van der Waals surface area contributed by atoms with Gasteiger partial charge in [0.25, 0.3) is 17.7 Å². The molecule has 0 radical (unpaired) electrons. The molecule has 9 atom stereocenters. The van der Waals surface area contributed by atoms with Gasteiger partial charge in [0, 0.05) is 67.0 Å². The monoisotopic (exact) mass is 1180 g/mol. The van der Waals surface area contributed by atoms with Crippen molar-refractivity contribution in [3.8, 4) is 0 Å². The maximum Gasteiger partial charge on any atom is 0.321 e. The Bertz CT molecular complexity index is 2860. The molecule has 2 saturated heterocycles. The van der Waals surface area contributed by atoms with Gasteiger partial charge in [0.05, 0.1) is 43.1 Å². The number of aryl methyl sites for hydroxylation is 1. The normalized spacial score (nSPS) is 22.8. The lowest BCUT2D eigenvalue weighted by atomic mass is 9.90. The number of nitrogens with zero attached hydrogens (tertiary/aromatic N) is 2. The Hall–Kier alpha value is -8.41. The number of aliphatic hydroxyl groups excluding tert-OH is 1. The van der Waals surface area contributed by atoms with E-state index in [-0.39, 0.29) is 44.0 Å². The van der Waals surface area contributed by atoms with Crippen LogP contribution in [0.2, 0.25) is 0 Å². The summed E-state index contributed by atoms with van der Waals surface area (Å²) in [5.41, 5.74) is 1.63. The van der Waals surface area contributed by atoms with E-state index >= 15 is 0 Å². The fourth-order valence-electron chi connectivity index (χ4n) is 9.24. The summed E-state index contributed by atoms with van der Waals surface area (Å²) in [7, 11) is 0. The van der Waals surface area contributed by atoms with Crippen LogP contribution in [0, 0.1) is 17.8 Å². The number of hydrogen-bond acceptors (Lipinski definition) is 16. The molecule has 0 saturated carbocycles. The number of aromatic nitrogens is 1. The number of carboxylic acids is 1. The van der Waals surface area contributed by atoms with E-state index in [1.807, 2.05) is 6.92 Å². The molecular formula is C53H73N13O16S. The zero-order valence-electron chi connectivity index (χ0n) is 46.9. The van der Waals surface area contributed by atoms with E-state index in [4.69, 9.17) is 0 Å². The number of carbonyl (C=O) groups excluding carboxylic acids is 13. The summed E-state index contributed by atoms with van der Waals surface area (Å²) in [5.74, 6) is -12.7. The number of imide groups is 2. The molecule has 83 heavy (non-hydrogen) atoms. The molecule has 2 aromatic rings. The first kappa shape index (κ1) is 65.4. The standard InChI is InChI=1S/C53H73N13O16S/c1-7-26(4)33-20-54-39(69)21-57-53(82)64-50(80)45(27(5)8-2)63-49(79)37-18-30(67)24-66(37)52(81)35(19-44(74)75)61-48(78)36(60-41(71)23-56-47(33)77)25-83-51-31(9-3)32-17-29(12-13-34(32)62-51)59-40(70)22-55-46(76)28(6)58-38(68)11-10-16-65-42(72)14-15-43(65)73/h12-15,17,26-28,30,33,35-37,45,62,67H,7-11,16,18-25H2,1-6H3,(H,54,69)(H,55,76)(H,56,77)(H,58,68)(H,59,70)(H,60,71)(H,61,78)(H,63,79)(H,74,75)(H2,57,64,80,82)/t26-,27?,28?,30+,33-,35-,36-,37-,45-/m0/s1. The lowest BCUT2D eigenvalue weighted by molar-refractivity contribution is -0.146. The van der Waals surface area contributed by atoms with Crippen LogP contribution in [-0.2, 0) is 68.7 Å². The summed E-state index contributed by atoms with van der Waals surface area (Å²) in [4.78, 5) is 189. The molecule has 0 aliphatic carbocycles. The van der Waals surface area contributed by atoms with Crippen molar-refractivity contribution in [3.05, 3.63) is 35.9 Å². The number of aliphatic carboxylic acids is 1. The van der Waals surface area contributed by atoms with Gasteiger partial charge >= 0.3 is 12.0 Å². The number of anilines is 1. The SMILES string of the molecule is CCc1c(SC[C@@H]2NC(=O)CNC(=O)[C@H]([C@@H](C)CC)CNC(=O)CNC(=O)NC(=O)[C@H](C(C)CC)NC(=O)[C@@H]3C[C@@H](O)CN3C(=O)[C@H](CC(=O)O)NC2=O)[nH]c2ccc(NC(=O)CNC(=O)C(C)NC(=O)CCCN3C(=O)C=CC3=O)cc12. The highest BCUT2D eigenvalue weighted by atomic mass is 32.2. The van der Waals surface area contributed by atoms with Crippen LogP contribution in [0.25, 0.3) is 10.9 Å². The predicted molar refractivity (Wildman–Crippen MR) is 297 cm³/mol. The fourth-order valence-corrected chi connectivity index (χ4v) is 10.4. The summed E-state index contributed by atoms with van der Waals surface area (Å²) in [6, 6.07) is -3.51. The molecule has 1 aromatic carbocycles. The second kappa shape index (κ2) is 30.6. The molecule has 14 amide bonds. The van der Waals surface area contributed by atoms with Crippen molar-refractivity contribution in [2.75, 3.05) is 50.3 Å². The molecule has 3 aliphatic heterocycles. The molecule has 2 fully saturated rings. The van der Waals surface area contributed by atoms with Crippen molar-refractivity contribution in [3.63, 3.8) is 0 Å². The third-order valence-corrected chi connectivity index (χ3v) is 15.5. The average Bonchev–Trinajstić information content (AvgIpc) is 4.36. The molecule has 29 nitrogen and oxygen atoms in total. The van der Waals surface area contributed by atoms with Gasteiger partial charge in [-0.1, -0.05) is 47.5 Å². The second-order valence-electron chi connectivity index (χ2n) is 20.4. The highest BCUT2D eigenvalue weighted by molar-refractivity contribution is 7.99. The summed E-state index contributed by atoms with van der Waals surface area (Å²) in [6.07, 6.45) is 0.851. The number of aliphatic hydroxyl groups is 1. The van der Waals surface area contributed by atoms with Crippen molar-refractivity contribution >= 4 is 111 Å². The van der Waals surface area contributed by atoms with Crippen LogP contribution in [-0.4, -0.2) is 189 Å². The molecular weight excluding hydrogens is 1110 g/mol. The first-order valence-corrected chi connectivity index (χ1v) is 28.2. The lowest BCUT2D eigenvalue weighted by Crippen LogP contribution is -2.60. The molecule has 1 aromatic heterocycles. The Morgan fingerprint density at radius 2 is 1.47 bits per heavy atom. The van der Waals surface area contributed by atoms with Gasteiger partial charge in [0.1, 0.15) is 30.2 Å². The Morgan fingerprint density at radius 3 is 2.13 bits per heavy atom. The average molecular weight is 1180 g/mol. The van der Waals surface area contributed by atoms with Crippen molar-refractivity contribution in [1.82, 2.24) is 62.6 Å². The lowest BCUT2D eigenvalue weighted by Gasteiger charge is -2.31. The van der Waals surface area contributed by atoms with Crippen LogP contribution >= 0.6 is 11.8 Å². The largest absolute Gasteiger partial charge is 0.481 e. The minimum absolute atomic E-state index is 0.0271. The molecule has 3 aliphatic rings. The summed E-state index contributed by atoms with van der Waals surface area (Å²) in [5, 5.41) is 46.5. The van der Waals surface area contributed by atoms with E-state index in [0.29, 0.717) is 46.4 Å². The number of thioether (sulfide) groups is 1. The molecule has 5 rings (SSSR count). The number of hydrogen-bond donors (Lipinski definition) is 13. The smallest absolute Gasteiger partial charge is 0.321 e. The number of aromatic amines is 1. The van der Waals surface area contributed by atoms with E-state index in [9.17, 15) is 77.3 Å². The molecule has 30 heteroatoms. The number of urea groups is 1. The van der Waals surface area contributed by atoms with E-state index in [1.165, 1.54) is 6.92 Å². The van der Waals surface area contributed by atoms with Crippen LogP contribution < -0.4 is 53.2 Å². The van der Waals surface area contributed by atoms with Gasteiger partial charge in [0.15, 0.2) is 0 Å². The van der Waals surface area contributed by atoms with Crippen LogP contribution in [0.3, 0.4) is 0 Å². The van der Waals surface area contributed by atoms with Gasteiger partial charge < -0.3 is 67.9 Å². The highest BCUT2D eigenvalue weighted by Gasteiger charge is 2.44. The number of benzene rings is 1. The van der Waals surface area contributed by atoms with Crippen LogP contribution in [0.4, 0.5) is 10.5 Å². The minimum Gasteiger partial charge on any atom is -0.481 e. The minimum atomic E-state index is -1.88. The zero-order valence-corrected chi connectivity index (χ0v) is 47.7. The van der Waals surface area contributed by atoms with Gasteiger partial charge in [-0.15, -0.1) is 11.8 Å². The van der Waals surface area contributed by atoms with Crippen molar-refractivity contribution in [2.45, 2.75) is 128 Å². The third-order valence-electron chi connectivity index (χ3n) is 14.3. The molecule has 13 N–H and O–H groups in total. The number of carbonyl (C=O) groups is 14. The summed E-state index contributed by atoms with van der Waals surface area (Å²) in [6.45, 7) is 7.64. The van der Waals surface area contributed by atoms with Gasteiger partial charge in [-0.2, -0.15) is 0 Å². The fraction of sp³-hybridized carbons (Fsp3) is 0.547. The van der Waals surface area contributed by atoms with Gasteiger partial charge in [-0.25, -0.2) is 4.79 Å². The quantitative estimate of drug-likeness (QED) is 0.0522. The van der Waals surface area contributed by atoms with Crippen molar-refractivity contribution in [1.29, 1.82) is 0 Å². The Labute approximate surface area is 481 Å². The van der Waals surface area contributed by atoms with Gasteiger partial charge in [0.2, 0.25) is 53.2 Å². The van der Waals surface area contributed by atoms with E-state index < -0.39 is 164 Å². The second-order valence-corrected chi connectivity index (χ2v) is 21.4. The Kier molecular flexibility index (Phi) is 24.1. The summed E-state index contributed by atoms with van der Waals surface area (Å²) >= 11 is 1.06. The maximum absolute atomic E-state index is 14.4. The van der Waals surface area contributed by atoms with Crippen LogP contribution in [0.15, 0.2) is 35.4 Å². The number of carboxylic acid groups (broad SMARTS) is 1. The number of amides is 14. The van der Waals surface area contributed by atoms with Crippen LogP contribution in [0.1, 0.15) is 85.6 Å². The van der Waals surface area contributed by atoms with E-state index in [1.54, 1.807) is 45.9 Å². The Balaban J connectivity index is 1.35. The van der Waals surface area contributed by atoms with E-state index in [2.05, 4.69) is 58.2 Å². The van der Waals surface area contributed by atoms with Crippen LogP contribution in [0.5, 0.6) is 0 Å². The van der Waals surface area contributed by atoms with Gasteiger partial charge in [-0.3, -0.25) is 72.5 Å². The number of fused-ring (bicyclic) bond motifs is 2. The van der Waals surface area contributed by atoms with E-state index in [0.717, 1.165) is 33.7 Å². The molecule has 452 valence electrons. The first-order valence-electron chi connectivity index (χ1n) is 27.3. The summed E-state index contributed by atoms with van der Waals surface area (Å²) < 4.78 is 0.